The van der Waals surface area contributed by atoms with E-state index < -0.39 is 5.82 Å². The normalized spacial score (nSPS) is 11.3. The van der Waals surface area contributed by atoms with Crippen molar-refractivity contribution in [2.75, 3.05) is 13.6 Å². The summed E-state index contributed by atoms with van der Waals surface area (Å²) in [6.07, 6.45) is 6.96. The van der Waals surface area contributed by atoms with E-state index in [1.165, 1.54) is 10.9 Å². The van der Waals surface area contributed by atoms with Gasteiger partial charge in [0.1, 0.15) is 5.75 Å². The number of nitrogens with one attached hydrogen (secondary N) is 2. The van der Waals surface area contributed by atoms with Crippen molar-refractivity contribution in [1.29, 1.82) is 0 Å². The van der Waals surface area contributed by atoms with Crippen LogP contribution in [0.4, 0.5) is 4.39 Å². The van der Waals surface area contributed by atoms with Gasteiger partial charge in [-0.2, -0.15) is 0 Å². The number of aryl methyl sites for hydroxylation is 1. The van der Waals surface area contributed by atoms with Gasteiger partial charge in [0, 0.05) is 43.8 Å². The molecule has 2 aromatic heterocycles. The van der Waals surface area contributed by atoms with E-state index in [1.807, 2.05) is 12.3 Å². The molecule has 2 heterocycles. The van der Waals surface area contributed by atoms with Crippen LogP contribution in [0.1, 0.15) is 22.4 Å². The summed E-state index contributed by atoms with van der Waals surface area (Å²) in [6.45, 7) is 3.30. The summed E-state index contributed by atoms with van der Waals surface area (Å²) in [7, 11) is 1.71. The van der Waals surface area contributed by atoms with Crippen LogP contribution in [0.3, 0.4) is 0 Å². The number of nitrogens with zero attached hydrogens (tertiary/aromatic N) is 3. The van der Waals surface area contributed by atoms with E-state index in [2.05, 4.69) is 32.5 Å². The zero-order valence-electron chi connectivity index (χ0n) is 16.5. The van der Waals surface area contributed by atoms with Gasteiger partial charge in [0.2, 0.25) is 0 Å². The highest BCUT2D eigenvalue weighted by atomic mass is 32.1. The van der Waals surface area contributed by atoms with Crippen LogP contribution in [-0.2, 0) is 19.4 Å². The molecule has 0 aliphatic rings. The highest BCUT2D eigenvalue weighted by Gasteiger charge is 2.07. The molecular weight excluding hydrogens is 389 g/mol. The third kappa shape index (κ3) is 6.25. The highest BCUT2D eigenvalue weighted by molar-refractivity contribution is 7.11. The number of guanidine groups is 1. The number of rotatable bonds is 8. The van der Waals surface area contributed by atoms with Gasteiger partial charge < -0.3 is 15.4 Å². The van der Waals surface area contributed by atoms with Crippen molar-refractivity contribution >= 4 is 17.3 Å². The molecule has 2 N–H and O–H groups in total. The number of benzene rings is 1. The van der Waals surface area contributed by atoms with Crippen LogP contribution in [0, 0.1) is 5.82 Å². The minimum Gasteiger partial charge on any atom is -0.453 e. The van der Waals surface area contributed by atoms with Crippen LogP contribution in [0.25, 0.3) is 0 Å². The topological polar surface area (TPSA) is 71.4 Å². The molecule has 3 rings (SSSR count). The number of ether oxygens (including phenoxy) is 1. The number of aromatic nitrogens is 2. The van der Waals surface area contributed by atoms with E-state index >= 15 is 0 Å². The fourth-order valence-electron chi connectivity index (χ4n) is 2.59. The number of thiazole rings is 1. The monoisotopic (exact) mass is 413 g/mol. The van der Waals surface area contributed by atoms with E-state index in [0.717, 1.165) is 30.0 Å². The maximum atomic E-state index is 14.3. The predicted octanol–water partition coefficient (Wildman–Crippen LogP) is 3.94. The van der Waals surface area contributed by atoms with Crippen LogP contribution < -0.4 is 15.4 Å². The molecule has 6 nitrogen and oxygen atoms in total. The van der Waals surface area contributed by atoms with Gasteiger partial charge in [-0.3, -0.25) is 9.98 Å². The maximum Gasteiger partial charge on any atom is 0.191 e. The molecule has 0 spiro atoms. The van der Waals surface area contributed by atoms with E-state index in [9.17, 15) is 4.39 Å². The van der Waals surface area contributed by atoms with Crippen LogP contribution in [0.5, 0.6) is 11.5 Å². The first-order valence-corrected chi connectivity index (χ1v) is 10.2. The van der Waals surface area contributed by atoms with Gasteiger partial charge in [-0.15, -0.1) is 11.3 Å². The fourth-order valence-corrected chi connectivity index (χ4v) is 3.45. The van der Waals surface area contributed by atoms with Crippen molar-refractivity contribution in [3.63, 3.8) is 0 Å². The van der Waals surface area contributed by atoms with Gasteiger partial charge in [0.25, 0.3) is 0 Å². The quantitative estimate of drug-likeness (QED) is 0.432. The molecule has 0 saturated carbocycles. The van der Waals surface area contributed by atoms with Gasteiger partial charge >= 0.3 is 0 Å². The summed E-state index contributed by atoms with van der Waals surface area (Å²) in [6, 6.07) is 8.35. The van der Waals surface area contributed by atoms with Crippen LogP contribution in [0.15, 0.2) is 53.9 Å². The van der Waals surface area contributed by atoms with Crippen molar-refractivity contribution < 1.29 is 9.13 Å². The maximum absolute atomic E-state index is 14.3. The Balaban J connectivity index is 1.48. The van der Waals surface area contributed by atoms with E-state index in [-0.39, 0.29) is 5.75 Å². The summed E-state index contributed by atoms with van der Waals surface area (Å²) >= 11 is 1.74. The lowest BCUT2D eigenvalue weighted by atomic mass is 10.2. The molecule has 1 aromatic carbocycles. The summed E-state index contributed by atoms with van der Waals surface area (Å²) in [5, 5.41) is 7.55. The average Bonchev–Trinajstić information content (AvgIpc) is 3.21. The van der Waals surface area contributed by atoms with E-state index in [1.54, 1.807) is 49.0 Å². The molecule has 0 fully saturated rings. The van der Waals surface area contributed by atoms with Crippen molar-refractivity contribution in [3.05, 3.63) is 70.2 Å². The zero-order valence-corrected chi connectivity index (χ0v) is 17.3. The van der Waals surface area contributed by atoms with Gasteiger partial charge in [0.15, 0.2) is 17.5 Å². The number of hydrogen-bond donors (Lipinski definition) is 2. The first-order valence-electron chi connectivity index (χ1n) is 9.42. The van der Waals surface area contributed by atoms with Crippen molar-refractivity contribution in [3.8, 4) is 11.5 Å². The molecule has 3 aromatic rings. The van der Waals surface area contributed by atoms with Crippen molar-refractivity contribution in [2.24, 2.45) is 4.99 Å². The summed E-state index contributed by atoms with van der Waals surface area (Å²) < 4.78 is 19.9. The molecular formula is C21H24FN5OS. The first kappa shape index (κ1) is 20.7. The second-order valence-electron chi connectivity index (χ2n) is 6.23. The minimum atomic E-state index is -0.424. The Bertz CT molecular complexity index is 945. The molecule has 0 aliphatic carbocycles. The van der Waals surface area contributed by atoms with E-state index in [0.29, 0.717) is 18.3 Å². The molecule has 0 bridgehead atoms. The number of aliphatic imine (C=N–C) groups is 1. The molecule has 0 aliphatic heterocycles. The molecule has 0 radical (unpaired) electrons. The lowest BCUT2D eigenvalue weighted by molar-refractivity contribution is 0.440. The Morgan fingerprint density at radius 2 is 2.14 bits per heavy atom. The molecule has 0 saturated heterocycles. The molecule has 0 unspecified atom stereocenters. The Hall–Kier alpha value is -3.00. The number of halogens is 1. The lowest BCUT2D eigenvalue weighted by Gasteiger charge is -2.12. The van der Waals surface area contributed by atoms with Crippen molar-refractivity contribution in [1.82, 2.24) is 20.6 Å². The Kier molecular flexibility index (Phi) is 7.52. The summed E-state index contributed by atoms with van der Waals surface area (Å²) in [5.41, 5.74) is 0.788. The largest absolute Gasteiger partial charge is 0.453 e. The SMILES string of the molecule is CCc1cnc(CCNC(=NC)NCc2ccc(Oc3cccnc3)c(F)c2)s1. The first-order chi connectivity index (χ1) is 14.2. The van der Waals surface area contributed by atoms with Gasteiger partial charge in [0.05, 0.1) is 11.2 Å². The fraction of sp³-hybridized carbons (Fsp3) is 0.286. The van der Waals surface area contributed by atoms with Crippen LogP contribution in [-0.4, -0.2) is 29.5 Å². The Labute approximate surface area is 173 Å². The second kappa shape index (κ2) is 10.5. The highest BCUT2D eigenvalue weighted by Crippen LogP contribution is 2.24. The average molecular weight is 414 g/mol. The Morgan fingerprint density at radius 1 is 1.24 bits per heavy atom. The number of hydrogen-bond acceptors (Lipinski definition) is 5. The zero-order chi connectivity index (χ0) is 20.5. The lowest BCUT2D eigenvalue weighted by Crippen LogP contribution is -2.37. The standard InChI is InChI=1S/C21H24FN5OS/c1-3-17-14-26-20(29-17)8-10-25-21(23-2)27-12-15-6-7-19(18(22)11-15)28-16-5-4-9-24-13-16/h4-7,9,11,13-14H,3,8,10,12H2,1-2H3,(H2,23,25,27). The van der Waals surface area contributed by atoms with Gasteiger partial charge in [-0.1, -0.05) is 13.0 Å². The smallest absolute Gasteiger partial charge is 0.191 e. The summed E-state index contributed by atoms with van der Waals surface area (Å²) in [4.78, 5) is 13.9. The number of pyridine rings is 1. The van der Waals surface area contributed by atoms with Gasteiger partial charge in [-0.25, -0.2) is 9.37 Å². The molecule has 152 valence electrons. The van der Waals surface area contributed by atoms with E-state index in [4.69, 9.17) is 4.74 Å². The van der Waals surface area contributed by atoms with Crippen LogP contribution in [0.2, 0.25) is 0 Å². The summed E-state index contributed by atoms with van der Waals surface area (Å²) in [5.74, 6) is 0.896. The van der Waals surface area contributed by atoms with Gasteiger partial charge in [-0.05, 0) is 36.2 Å². The predicted molar refractivity (Wildman–Crippen MR) is 114 cm³/mol. The third-order valence-corrected chi connectivity index (χ3v) is 5.32. The molecule has 29 heavy (non-hydrogen) atoms. The third-order valence-electron chi connectivity index (χ3n) is 4.12. The molecule has 8 heteroatoms. The van der Waals surface area contributed by atoms with Crippen molar-refractivity contribution in [2.45, 2.75) is 26.3 Å². The molecule has 0 amide bonds. The Morgan fingerprint density at radius 3 is 2.83 bits per heavy atom. The van der Waals surface area contributed by atoms with Crippen LogP contribution >= 0.6 is 11.3 Å². The second-order valence-corrected chi connectivity index (χ2v) is 7.43. The minimum absolute atomic E-state index is 0.166. The molecule has 0 atom stereocenters.